The van der Waals surface area contributed by atoms with Crippen LogP contribution in [0.1, 0.15) is 38.7 Å². The first-order valence-corrected chi connectivity index (χ1v) is 9.78. The normalized spacial score (nSPS) is 18.7. The first-order chi connectivity index (χ1) is 12.6. The SMILES string of the molecule is CCOC(=O)C(CNC(=O)CC(C)C1CCCNC1)Cc1ccccc1.Cl. The molecule has 0 aromatic heterocycles. The number of rotatable bonds is 9. The minimum Gasteiger partial charge on any atom is -0.466 e. The molecule has 3 atom stereocenters. The van der Waals surface area contributed by atoms with Gasteiger partial charge >= 0.3 is 5.97 Å². The van der Waals surface area contributed by atoms with Crippen LogP contribution in [0.15, 0.2) is 30.3 Å². The predicted molar refractivity (Wildman–Crippen MR) is 110 cm³/mol. The molecule has 1 saturated heterocycles. The van der Waals surface area contributed by atoms with Crippen LogP contribution in [-0.4, -0.2) is 38.1 Å². The zero-order valence-corrected chi connectivity index (χ0v) is 17.2. The average Bonchev–Trinajstić information content (AvgIpc) is 2.66. The van der Waals surface area contributed by atoms with Crippen LogP contribution in [0, 0.1) is 17.8 Å². The fourth-order valence-electron chi connectivity index (χ4n) is 3.53. The van der Waals surface area contributed by atoms with Gasteiger partial charge in [0.1, 0.15) is 0 Å². The van der Waals surface area contributed by atoms with E-state index >= 15 is 0 Å². The molecule has 5 nitrogen and oxygen atoms in total. The Morgan fingerprint density at radius 1 is 1.30 bits per heavy atom. The monoisotopic (exact) mass is 396 g/mol. The summed E-state index contributed by atoms with van der Waals surface area (Å²) in [6, 6.07) is 9.84. The largest absolute Gasteiger partial charge is 0.466 e. The predicted octanol–water partition coefficient (Wildman–Crippen LogP) is 2.97. The molecule has 1 heterocycles. The minimum atomic E-state index is -0.354. The van der Waals surface area contributed by atoms with Crippen molar-refractivity contribution in [3.63, 3.8) is 0 Å². The average molecular weight is 397 g/mol. The van der Waals surface area contributed by atoms with Gasteiger partial charge < -0.3 is 15.4 Å². The van der Waals surface area contributed by atoms with Gasteiger partial charge in [-0.1, -0.05) is 37.3 Å². The summed E-state index contributed by atoms with van der Waals surface area (Å²) in [6.07, 6.45) is 3.44. The van der Waals surface area contributed by atoms with E-state index in [9.17, 15) is 9.59 Å². The summed E-state index contributed by atoms with van der Waals surface area (Å²) in [7, 11) is 0. The molecular formula is C21H33ClN2O3. The van der Waals surface area contributed by atoms with E-state index in [4.69, 9.17) is 4.74 Å². The van der Waals surface area contributed by atoms with Crippen molar-refractivity contribution in [2.24, 2.45) is 17.8 Å². The first kappa shape index (κ1) is 23.4. The van der Waals surface area contributed by atoms with Crippen LogP contribution in [0.3, 0.4) is 0 Å². The minimum absolute atomic E-state index is 0. The van der Waals surface area contributed by atoms with Gasteiger partial charge in [0, 0.05) is 13.0 Å². The highest BCUT2D eigenvalue weighted by Crippen LogP contribution is 2.22. The summed E-state index contributed by atoms with van der Waals surface area (Å²) < 4.78 is 5.19. The van der Waals surface area contributed by atoms with Gasteiger partial charge in [0.25, 0.3) is 0 Å². The Morgan fingerprint density at radius 3 is 2.67 bits per heavy atom. The Kier molecular flexibility index (Phi) is 11.1. The standard InChI is InChI=1S/C21H32N2O3.ClH/c1-3-26-21(25)19(13-17-8-5-4-6-9-17)15-23-20(24)12-16(2)18-10-7-11-22-14-18;/h4-6,8-9,16,18-19,22H,3,7,10-15H2,1-2H3,(H,23,24);1H. The highest BCUT2D eigenvalue weighted by molar-refractivity contribution is 5.85. The maximum absolute atomic E-state index is 12.3. The van der Waals surface area contributed by atoms with Crippen molar-refractivity contribution in [2.45, 2.75) is 39.5 Å². The van der Waals surface area contributed by atoms with Crippen LogP contribution < -0.4 is 10.6 Å². The fourth-order valence-corrected chi connectivity index (χ4v) is 3.53. The molecule has 0 saturated carbocycles. The van der Waals surface area contributed by atoms with Crippen molar-refractivity contribution in [1.82, 2.24) is 10.6 Å². The topological polar surface area (TPSA) is 67.4 Å². The lowest BCUT2D eigenvalue weighted by Gasteiger charge is -2.28. The summed E-state index contributed by atoms with van der Waals surface area (Å²) in [5.41, 5.74) is 1.07. The maximum Gasteiger partial charge on any atom is 0.311 e. The molecular weight excluding hydrogens is 364 g/mol. The molecule has 1 fully saturated rings. The zero-order chi connectivity index (χ0) is 18.8. The van der Waals surface area contributed by atoms with Crippen molar-refractivity contribution < 1.29 is 14.3 Å². The number of esters is 1. The Bertz CT molecular complexity index is 562. The molecule has 1 aromatic rings. The van der Waals surface area contributed by atoms with Gasteiger partial charge in [0.05, 0.1) is 12.5 Å². The number of amides is 1. The van der Waals surface area contributed by atoms with E-state index in [0.717, 1.165) is 18.7 Å². The zero-order valence-electron chi connectivity index (χ0n) is 16.4. The van der Waals surface area contributed by atoms with E-state index in [1.54, 1.807) is 6.92 Å². The third-order valence-electron chi connectivity index (χ3n) is 5.14. The maximum atomic E-state index is 12.3. The molecule has 3 unspecified atom stereocenters. The van der Waals surface area contributed by atoms with E-state index in [2.05, 4.69) is 17.6 Å². The number of benzene rings is 1. The number of carbonyl (C=O) groups is 2. The fraction of sp³-hybridized carbons (Fsp3) is 0.619. The molecule has 1 aromatic carbocycles. The smallest absolute Gasteiger partial charge is 0.311 e. The number of halogens is 1. The highest BCUT2D eigenvalue weighted by Gasteiger charge is 2.24. The second-order valence-corrected chi connectivity index (χ2v) is 7.23. The number of hydrogen-bond acceptors (Lipinski definition) is 4. The van der Waals surface area contributed by atoms with Crippen molar-refractivity contribution in [1.29, 1.82) is 0 Å². The Labute approximate surface area is 169 Å². The van der Waals surface area contributed by atoms with Gasteiger partial charge in [-0.2, -0.15) is 0 Å². The summed E-state index contributed by atoms with van der Waals surface area (Å²) in [5.74, 6) is 0.317. The highest BCUT2D eigenvalue weighted by atomic mass is 35.5. The van der Waals surface area contributed by atoms with E-state index < -0.39 is 0 Å². The molecule has 2 rings (SSSR count). The number of nitrogens with one attached hydrogen (secondary N) is 2. The van der Waals surface area contributed by atoms with Crippen molar-refractivity contribution in [3.8, 4) is 0 Å². The molecule has 152 valence electrons. The van der Waals surface area contributed by atoms with Gasteiger partial charge in [-0.3, -0.25) is 9.59 Å². The van der Waals surface area contributed by atoms with Crippen LogP contribution in [0.4, 0.5) is 0 Å². The third-order valence-corrected chi connectivity index (χ3v) is 5.14. The lowest BCUT2D eigenvalue weighted by Crippen LogP contribution is -2.38. The molecule has 6 heteroatoms. The quantitative estimate of drug-likeness (QED) is 0.630. The van der Waals surface area contributed by atoms with Crippen LogP contribution in [-0.2, 0) is 20.7 Å². The number of hydrogen-bond donors (Lipinski definition) is 2. The van der Waals surface area contributed by atoms with Gasteiger partial charge in [0.15, 0.2) is 0 Å². The van der Waals surface area contributed by atoms with E-state index in [1.165, 1.54) is 12.8 Å². The third kappa shape index (κ3) is 8.31. The summed E-state index contributed by atoms with van der Waals surface area (Å²) in [6.45, 7) is 6.69. The molecule has 27 heavy (non-hydrogen) atoms. The molecule has 1 aliphatic heterocycles. The number of carbonyl (C=O) groups excluding carboxylic acids is 2. The van der Waals surface area contributed by atoms with Gasteiger partial charge in [0.2, 0.25) is 5.91 Å². The molecule has 0 radical (unpaired) electrons. The molecule has 0 bridgehead atoms. The Hall–Kier alpha value is -1.59. The molecule has 0 aliphatic carbocycles. The van der Waals surface area contributed by atoms with Crippen molar-refractivity contribution in [3.05, 3.63) is 35.9 Å². The van der Waals surface area contributed by atoms with Gasteiger partial charge in [-0.15, -0.1) is 12.4 Å². The van der Waals surface area contributed by atoms with E-state index in [0.29, 0.717) is 37.8 Å². The van der Waals surface area contributed by atoms with Crippen molar-refractivity contribution in [2.75, 3.05) is 26.2 Å². The van der Waals surface area contributed by atoms with Crippen LogP contribution in [0.25, 0.3) is 0 Å². The van der Waals surface area contributed by atoms with Crippen LogP contribution in [0.2, 0.25) is 0 Å². The van der Waals surface area contributed by atoms with Gasteiger partial charge in [-0.25, -0.2) is 0 Å². The van der Waals surface area contributed by atoms with Crippen molar-refractivity contribution >= 4 is 24.3 Å². The number of piperidine rings is 1. The number of ether oxygens (including phenoxy) is 1. The lowest BCUT2D eigenvalue weighted by atomic mass is 9.85. The molecule has 0 spiro atoms. The Balaban J connectivity index is 0.00000364. The Morgan fingerprint density at radius 2 is 2.04 bits per heavy atom. The lowest BCUT2D eigenvalue weighted by molar-refractivity contribution is -0.147. The molecule has 1 amide bonds. The van der Waals surface area contributed by atoms with Crippen LogP contribution in [0.5, 0.6) is 0 Å². The second-order valence-electron chi connectivity index (χ2n) is 7.23. The first-order valence-electron chi connectivity index (χ1n) is 9.78. The summed E-state index contributed by atoms with van der Waals surface area (Å²) in [5, 5.41) is 6.35. The van der Waals surface area contributed by atoms with Gasteiger partial charge in [-0.05, 0) is 56.7 Å². The van der Waals surface area contributed by atoms with E-state index in [1.807, 2.05) is 30.3 Å². The summed E-state index contributed by atoms with van der Waals surface area (Å²) in [4.78, 5) is 24.6. The van der Waals surface area contributed by atoms with E-state index in [-0.39, 0.29) is 30.2 Å². The molecule has 2 N–H and O–H groups in total. The van der Waals surface area contributed by atoms with Crippen LogP contribution >= 0.6 is 12.4 Å². The second kappa shape index (κ2) is 12.7. The molecule has 1 aliphatic rings. The summed E-state index contributed by atoms with van der Waals surface area (Å²) >= 11 is 0.